The maximum Gasteiger partial charge on any atom is 0.326 e. The number of carboxylic acid groups (broad SMARTS) is 1. The van der Waals surface area contributed by atoms with E-state index in [0.29, 0.717) is 29.6 Å². The van der Waals surface area contributed by atoms with Gasteiger partial charge in [-0.3, -0.25) is 9.59 Å². The SMILES string of the molecule is CC(C)[C@H](Nc1cc(Br)ccc1CNC(=O)C1SCCN1C(=O)C[C@H](N)Cc1cc(F)c(F)cc1F)C(=O)O. The minimum Gasteiger partial charge on any atom is -0.480 e. The van der Waals surface area contributed by atoms with Gasteiger partial charge in [0, 0.05) is 47.5 Å². The molecule has 1 fully saturated rings. The summed E-state index contributed by atoms with van der Waals surface area (Å²) in [5, 5.41) is 14.6. The number of hydrogen-bond acceptors (Lipinski definition) is 6. The normalized spacial score (nSPS) is 16.7. The first-order chi connectivity index (χ1) is 18.4. The van der Waals surface area contributed by atoms with Gasteiger partial charge in [-0.05, 0) is 41.7 Å². The maximum absolute atomic E-state index is 14.0. The number of hydrogen-bond donors (Lipinski definition) is 4. The number of anilines is 1. The smallest absolute Gasteiger partial charge is 0.326 e. The van der Waals surface area contributed by atoms with Crippen LogP contribution >= 0.6 is 27.7 Å². The fourth-order valence-electron chi connectivity index (χ4n) is 4.15. The molecule has 13 heteroatoms. The van der Waals surface area contributed by atoms with E-state index >= 15 is 0 Å². The zero-order chi connectivity index (χ0) is 28.9. The molecule has 0 aromatic heterocycles. The van der Waals surface area contributed by atoms with Crippen LogP contribution < -0.4 is 16.4 Å². The highest BCUT2D eigenvalue weighted by Gasteiger charge is 2.35. The maximum atomic E-state index is 14.0. The Labute approximate surface area is 237 Å². The highest BCUT2D eigenvalue weighted by atomic mass is 79.9. The molecule has 212 valence electrons. The molecule has 2 amide bonds. The van der Waals surface area contributed by atoms with Crippen molar-refractivity contribution in [1.82, 2.24) is 10.2 Å². The summed E-state index contributed by atoms with van der Waals surface area (Å²) in [6, 6.07) is 4.72. The Hall–Kier alpha value is -2.77. The molecule has 2 aromatic carbocycles. The molecule has 1 unspecified atom stereocenters. The lowest BCUT2D eigenvalue weighted by Crippen LogP contribution is -2.46. The molecule has 1 saturated heterocycles. The van der Waals surface area contributed by atoms with Crippen molar-refractivity contribution in [1.29, 1.82) is 0 Å². The highest BCUT2D eigenvalue weighted by Crippen LogP contribution is 2.27. The number of carboxylic acids is 1. The Morgan fingerprint density at radius 3 is 2.49 bits per heavy atom. The summed E-state index contributed by atoms with van der Waals surface area (Å²) < 4.78 is 41.4. The average Bonchev–Trinajstić information content (AvgIpc) is 3.35. The summed E-state index contributed by atoms with van der Waals surface area (Å²) in [5.74, 6) is -4.94. The number of carbonyl (C=O) groups excluding carboxylic acids is 2. The summed E-state index contributed by atoms with van der Waals surface area (Å²) in [4.78, 5) is 39.0. The molecule has 0 aliphatic carbocycles. The molecule has 5 N–H and O–H groups in total. The molecule has 0 bridgehead atoms. The van der Waals surface area contributed by atoms with Crippen LogP contribution in [0.25, 0.3) is 0 Å². The van der Waals surface area contributed by atoms with Crippen LogP contribution in [0.1, 0.15) is 31.4 Å². The van der Waals surface area contributed by atoms with Crippen molar-refractivity contribution in [3.8, 4) is 0 Å². The summed E-state index contributed by atoms with van der Waals surface area (Å²) in [6.45, 7) is 3.98. The molecule has 0 spiro atoms. The average molecular weight is 632 g/mol. The van der Waals surface area contributed by atoms with Gasteiger partial charge in [-0.2, -0.15) is 0 Å². The first kappa shape index (κ1) is 30.8. The molecule has 0 saturated carbocycles. The van der Waals surface area contributed by atoms with Gasteiger partial charge in [0.25, 0.3) is 5.91 Å². The zero-order valence-electron chi connectivity index (χ0n) is 21.3. The van der Waals surface area contributed by atoms with E-state index in [1.165, 1.54) is 16.7 Å². The lowest BCUT2D eigenvalue weighted by molar-refractivity contribution is -0.138. The van der Waals surface area contributed by atoms with Crippen LogP contribution in [-0.4, -0.2) is 57.5 Å². The molecule has 1 aliphatic rings. The van der Waals surface area contributed by atoms with Gasteiger partial charge in [0.1, 0.15) is 11.9 Å². The van der Waals surface area contributed by atoms with Crippen LogP contribution in [0, 0.1) is 23.4 Å². The lowest BCUT2D eigenvalue weighted by atomic mass is 10.0. The minimum absolute atomic E-state index is 0.0902. The van der Waals surface area contributed by atoms with Crippen LogP contribution in [0.2, 0.25) is 0 Å². The summed E-state index contributed by atoms with van der Waals surface area (Å²) in [7, 11) is 0. The second kappa shape index (κ2) is 13.5. The summed E-state index contributed by atoms with van der Waals surface area (Å²) in [5.41, 5.74) is 7.08. The highest BCUT2D eigenvalue weighted by molar-refractivity contribution is 9.10. The van der Waals surface area contributed by atoms with Crippen molar-refractivity contribution in [2.75, 3.05) is 17.6 Å². The quantitative estimate of drug-likeness (QED) is 0.278. The number of nitrogens with one attached hydrogen (secondary N) is 2. The van der Waals surface area contributed by atoms with E-state index in [0.717, 1.165) is 10.5 Å². The second-order valence-electron chi connectivity index (χ2n) is 9.56. The number of benzene rings is 2. The number of nitrogens with zero attached hydrogens (tertiary/aromatic N) is 1. The van der Waals surface area contributed by atoms with Gasteiger partial charge in [-0.15, -0.1) is 11.8 Å². The van der Waals surface area contributed by atoms with Crippen molar-refractivity contribution in [2.45, 2.75) is 50.7 Å². The number of halogens is 4. The number of aliphatic carboxylic acids is 1. The van der Waals surface area contributed by atoms with E-state index in [1.807, 2.05) is 0 Å². The number of amides is 2. The van der Waals surface area contributed by atoms with Crippen molar-refractivity contribution >= 4 is 51.2 Å². The predicted octanol–water partition coefficient (Wildman–Crippen LogP) is 3.87. The standard InChI is InChI=1S/C26H30BrF3N4O4S/c1-13(2)23(26(37)38)33-21-9-16(27)4-3-14(21)12-32-24(36)25-34(5-6-39-25)22(35)10-17(31)7-15-8-19(29)20(30)11-18(15)28/h3-4,8-9,11,13,17,23,25,33H,5-7,10,12,31H2,1-2H3,(H,32,36)(H,37,38)/t17-,23+,25?/m1/s1. The first-order valence-corrected chi connectivity index (χ1v) is 14.1. The van der Waals surface area contributed by atoms with Crippen LogP contribution in [0.3, 0.4) is 0 Å². The third-order valence-corrected chi connectivity index (χ3v) is 7.91. The number of thioether (sulfide) groups is 1. The Bertz CT molecular complexity index is 1240. The molecule has 3 atom stereocenters. The van der Waals surface area contributed by atoms with Crippen LogP contribution in [0.5, 0.6) is 0 Å². The molecule has 1 aliphatic heterocycles. The summed E-state index contributed by atoms with van der Waals surface area (Å²) in [6.07, 6.45) is -0.394. The van der Waals surface area contributed by atoms with E-state index in [1.54, 1.807) is 32.0 Å². The Morgan fingerprint density at radius 2 is 1.82 bits per heavy atom. The van der Waals surface area contributed by atoms with E-state index in [4.69, 9.17) is 5.73 Å². The Morgan fingerprint density at radius 1 is 1.13 bits per heavy atom. The fourth-order valence-corrected chi connectivity index (χ4v) is 5.67. The minimum atomic E-state index is -1.31. The van der Waals surface area contributed by atoms with Gasteiger partial charge < -0.3 is 26.4 Å². The molecule has 8 nitrogen and oxygen atoms in total. The van der Waals surface area contributed by atoms with Crippen LogP contribution in [0.4, 0.5) is 18.9 Å². The summed E-state index contributed by atoms with van der Waals surface area (Å²) >= 11 is 4.66. The Balaban J connectivity index is 1.62. The Kier molecular flexibility index (Phi) is 10.7. The third-order valence-electron chi connectivity index (χ3n) is 6.21. The molecular formula is C26H30BrF3N4O4S. The first-order valence-electron chi connectivity index (χ1n) is 12.2. The van der Waals surface area contributed by atoms with Crippen molar-refractivity contribution in [3.05, 3.63) is 63.4 Å². The van der Waals surface area contributed by atoms with Crippen LogP contribution in [-0.2, 0) is 27.3 Å². The molecule has 3 rings (SSSR count). The van der Waals surface area contributed by atoms with Crippen molar-refractivity contribution in [2.24, 2.45) is 11.7 Å². The monoisotopic (exact) mass is 630 g/mol. The molecule has 2 aromatic rings. The topological polar surface area (TPSA) is 125 Å². The van der Waals surface area contributed by atoms with Crippen molar-refractivity contribution < 1.29 is 32.7 Å². The van der Waals surface area contributed by atoms with Crippen molar-refractivity contribution in [3.63, 3.8) is 0 Å². The van der Waals surface area contributed by atoms with E-state index in [9.17, 15) is 32.7 Å². The van der Waals surface area contributed by atoms with E-state index < -0.39 is 52.7 Å². The van der Waals surface area contributed by atoms with E-state index in [2.05, 4.69) is 26.6 Å². The largest absolute Gasteiger partial charge is 0.480 e. The number of carbonyl (C=O) groups is 3. The number of rotatable bonds is 11. The third kappa shape index (κ3) is 8.12. The van der Waals surface area contributed by atoms with Gasteiger partial charge in [0.2, 0.25) is 5.91 Å². The second-order valence-corrected chi connectivity index (χ2v) is 11.7. The van der Waals surface area contributed by atoms with E-state index in [-0.39, 0.29) is 30.9 Å². The molecule has 0 radical (unpaired) electrons. The van der Waals surface area contributed by atoms with Gasteiger partial charge in [-0.1, -0.05) is 35.8 Å². The van der Waals surface area contributed by atoms with Gasteiger partial charge in [0.05, 0.1) is 0 Å². The molecule has 1 heterocycles. The molecular weight excluding hydrogens is 601 g/mol. The zero-order valence-corrected chi connectivity index (χ0v) is 23.8. The predicted molar refractivity (Wildman–Crippen MR) is 146 cm³/mol. The lowest BCUT2D eigenvalue weighted by Gasteiger charge is -2.25. The molecule has 39 heavy (non-hydrogen) atoms. The number of nitrogens with two attached hydrogens (primary N) is 1. The van der Waals surface area contributed by atoms with Gasteiger partial charge in [-0.25, -0.2) is 18.0 Å². The van der Waals surface area contributed by atoms with Gasteiger partial charge in [0.15, 0.2) is 17.0 Å². The van der Waals surface area contributed by atoms with Crippen LogP contribution in [0.15, 0.2) is 34.8 Å². The fraction of sp³-hybridized carbons (Fsp3) is 0.423. The van der Waals surface area contributed by atoms with Gasteiger partial charge >= 0.3 is 5.97 Å².